The zero-order valence-electron chi connectivity index (χ0n) is 12.2. The molecule has 1 amide bonds. The highest BCUT2D eigenvalue weighted by molar-refractivity contribution is 7.90. The maximum Gasteiger partial charge on any atom is 0.337 e. The van der Waals surface area contributed by atoms with Crippen LogP contribution in [0.4, 0.5) is 0 Å². The number of aromatic nitrogens is 1. The number of carbonyl (C=O) groups excluding carboxylic acids is 1. The van der Waals surface area contributed by atoms with Crippen LogP contribution in [0.25, 0.3) is 0 Å². The smallest absolute Gasteiger partial charge is 0.337 e. The van der Waals surface area contributed by atoms with Gasteiger partial charge in [-0.1, -0.05) is 23.7 Å². The molecule has 0 saturated carbocycles. The number of ether oxygens (including phenoxy) is 1. The van der Waals surface area contributed by atoms with E-state index >= 15 is 0 Å². The van der Waals surface area contributed by atoms with Gasteiger partial charge < -0.3 is 9.84 Å². The molecule has 0 saturated heterocycles. The van der Waals surface area contributed by atoms with Gasteiger partial charge in [-0.2, -0.15) is 0 Å². The molecule has 0 bridgehead atoms. The van der Waals surface area contributed by atoms with Crippen LogP contribution in [-0.2, 0) is 10.0 Å². The summed E-state index contributed by atoms with van der Waals surface area (Å²) in [6.07, 6.45) is 0. The fraction of sp³-hybridized carbons (Fsp3) is 0.0714. The number of sulfonamides is 1. The molecule has 0 aliphatic heterocycles. The van der Waals surface area contributed by atoms with Crippen molar-refractivity contribution in [2.45, 2.75) is 4.90 Å². The van der Waals surface area contributed by atoms with Gasteiger partial charge in [-0.15, -0.1) is 0 Å². The fourth-order valence-corrected chi connectivity index (χ4v) is 3.20. The SMILES string of the molecule is COc1ccc(C(=O)NS(=O)(=O)c2ccccc2C(=O)O)nc1Cl. The van der Waals surface area contributed by atoms with Crippen LogP contribution >= 0.6 is 11.6 Å². The Labute approximate surface area is 142 Å². The van der Waals surface area contributed by atoms with Crippen LogP contribution in [0.1, 0.15) is 20.8 Å². The van der Waals surface area contributed by atoms with Crippen molar-refractivity contribution >= 4 is 33.5 Å². The van der Waals surface area contributed by atoms with Crippen molar-refractivity contribution in [3.63, 3.8) is 0 Å². The highest BCUT2D eigenvalue weighted by Gasteiger charge is 2.25. The van der Waals surface area contributed by atoms with E-state index in [1.54, 1.807) is 4.72 Å². The molecule has 0 fully saturated rings. The van der Waals surface area contributed by atoms with E-state index in [0.29, 0.717) is 0 Å². The molecule has 0 aliphatic rings. The van der Waals surface area contributed by atoms with E-state index in [0.717, 1.165) is 12.1 Å². The number of benzene rings is 1. The number of methoxy groups -OCH3 is 1. The Morgan fingerprint density at radius 1 is 1.21 bits per heavy atom. The van der Waals surface area contributed by atoms with E-state index in [1.807, 2.05) is 0 Å². The molecular formula is C14H11ClN2O6S. The second-order valence-electron chi connectivity index (χ2n) is 4.43. The predicted octanol–water partition coefficient (Wildman–Crippen LogP) is 1.56. The Morgan fingerprint density at radius 3 is 2.46 bits per heavy atom. The third-order valence-corrected chi connectivity index (χ3v) is 4.56. The Bertz CT molecular complexity index is 913. The van der Waals surface area contributed by atoms with Crippen molar-refractivity contribution < 1.29 is 27.9 Å². The Balaban J connectivity index is 2.34. The maximum absolute atomic E-state index is 12.3. The number of carboxylic acid groups (broad SMARTS) is 1. The lowest BCUT2D eigenvalue weighted by Crippen LogP contribution is -2.32. The van der Waals surface area contributed by atoms with Crippen molar-refractivity contribution in [3.05, 3.63) is 52.8 Å². The van der Waals surface area contributed by atoms with Crippen molar-refractivity contribution in [3.8, 4) is 5.75 Å². The average molecular weight is 371 g/mol. The van der Waals surface area contributed by atoms with Crippen LogP contribution in [0.3, 0.4) is 0 Å². The van der Waals surface area contributed by atoms with Gasteiger partial charge in [0.05, 0.1) is 12.7 Å². The predicted molar refractivity (Wildman–Crippen MR) is 83.9 cm³/mol. The number of nitrogens with zero attached hydrogens (tertiary/aromatic N) is 1. The number of amides is 1. The summed E-state index contributed by atoms with van der Waals surface area (Å²) in [6, 6.07) is 7.47. The topological polar surface area (TPSA) is 123 Å². The number of carbonyl (C=O) groups is 2. The lowest BCUT2D eigenvalue weighted by atomic mass is 10.2. The molecule has 1 aromatic heterocycles. The van der Waals surface area contributed by atoms with Gasteiger partial charge in [0.2, 0.25) is 0 Å². The van der Waals surface area contributed by atoms with Crippen molar-refractivity contribution in [2.24, 2.45) is 0 Å². The molecule has 1 aromatic carbocycles. The number of hydrogen-bond donors (Lipinski definition) is 2. The molecule has 2 aromatic rings. The first-order chi connectivity index (χ1) is 11.3. The minimum atomic E-state index is -4.41. The summed E-state index contributed by atoms with van der Waals surface area (Å²) in [5, 5.41) is 8.94. The third-order valence-electron chi connectivity index (χ3n) is 2.90. The molecule has 2 N–H and O–H groups in total. The number of rotatable bonds is 5. The number of pyridine rings is 1. The van der Waals surface area contributed by atoms with E-state index < -0.39 is 32.4 Å². The lowest BCUT2D eigenvalue weighted by Gasteiger charge is -2.09. The minimum Gasteiger partial charge on any atom is -0.494 e. The Kier molecular flexibility index (Phi) is 5.05. The number of aromatic carboxylic acids is 1. The molecule has 10 heteroatoms. The zero-order chi connectivity index (χ0) is 17.9. The summed E-state index contributed by atoms with van der Waals surface area (Å²) in [5.74, 6) is -2.28. The first kappa shape index (κ1) is 17.7. The second kappa shape index (κ2) is 6.85. The van der Waals surface area contributed by atoms with E-state index in [-0.39, 0.29) is 16.6 Å². The van der Waals surface area contributed by atoms with Gasteiger partial charge in [-0.05, 0) is 24.3 Å². The van der Waals surface area contributed by atoms with Gasteiger partial charge in [0.25, 0.3) is 15.9 Å². The van der Waals surface area contributed by atoms with E-state index in [4.69, 9.17) is 21.4 Å². The first-order valence-corrected chi connectivity index (χ1v) is 8.22. The number of hydrogen-bond acceptors (Lipinski definition) is 6. The minimum absolute atomic E-state index is 0.117. The lowest BCUT2D eigenvalue weighted by molar-refractivity contribution is 0.0692. The highest BCUT2D eigenvalue weighted by Crippen LogP contribution is 2.22. The largest absolute Gasteiger partial charge is 0.494 e. The summed E-state index contributed by atoms with van der Waals surface area (Å²) >= 11 is 5.79. The van der Waals surface area contributed by atoms with Crippen LogP contribution < -0.4 is 9.46 Å². The molecule has 126 valence electrons. The quantitative estimate of drug-likeness (QED) is 0.765. The average Bonchev–Trinajstić information content (AvgIpc) is 2.54. The molecule has 2 rings (SSSR count). The molecular weight excluding hydrogens is 360 g/mol. The number of nitrogens with one attached hydrogen (secondary N) is 1. The van der Waals surface area contributed by atoms with Crippen LogP contribution in [0.15, 0.2) is 41.3 Å². The maximum atomic E-state index is 12.3. The summed E-state index contributed by atoms with van der Waals surface area (Å²) in [7, 11) is -3.05. The standard InChI is InChI=1S/C14H11ClN2O6S/c1-23-10-7-6-9(16-12(10)15)13(18)17-24(21,22)11-5-3-2-4-8(11)14(19)20/h2-7H,1H3,(H,17,18)(H,19,20). The van der Waals surface area contributed by atoms with E-state index in [2.05, 4.69) is 4.98 Å². The second-order valence-corrected chi connectivity index (χ2v) is 6.43. The molecule has 0 spiro atoms. The Hall–Kier alpha value is -2.65. The van der Waals surface area contributed by atoms with Crippen LogP contribution in [0.5, 0.6) is 5.75 Å². The van der Waals surface area contributed by atoms with Crippen LogP contribution in [0, 0.1) is 0 Å². The summed E-state index contributed by atoms with van der Waals surface area (Å²) in [5.41, 5.74) is -0.726. The molecule has 0 atom stereocenters. The fourth-order valence-electron chi connectivity index (χ4n) is 1.81. The highest BCUT2D eigenvalue weighted by atomic mass is 35.5. The first-order valence-electron chi connectivity index (χ1n) is 6.36. The number of halogens is 1. The van der Waals surface area contributed by atoms with E-state index in [1.165, 1.54) is 31.4 Å². The van der Waals surface area contributed by atoms with Crippen LogP contribution in [-0.4, -0.2) is 37.5 Å². The summed E-state index contributed by atoms with van der Waals surface area (Å²) in [6.45, 7) is 0. The molecule has 1 heterocycles. The molecule has 8 nitrogen and oxygen atoms in total. The zero-order valence-corrected chi connectivity index (χ0v) is 13.8. The van der Waals surface area contributed by atoms with E-state index in [9.17, 15) is 18.0 Å². The molecule has 0 radical (unpaired) electrons. The molecule has 24 heavy (non-hydrogen) atoms. The molecule has 0 aliphatic carbocycles. The van der Waals surface area contributed by atoms with Crippen molar-refractivity contribution in [2.75, 3.05) is 7.11 Å². The monoisotopic (exact) mass is 370 g/mol. The normalized spacial score (nSPS) is 10.9. The van der Waals surface area contributed by atoms with Gasteiger partial charge in [-0.25, -0.2) is 22.9 Å². The van der Waals surface area contributed by atoms with Crippen molar-refractivity contribution in [1.82, 2.24) is 9.71 Å². The van der Waals surface area contributed by atoms with Gasteiger partial charge in [-0.3, -0.25) is 4.79 Å². The molecule has 0 unspecified atom stereocenters. The Morgan fingerprint density at radius 2 is 1.88 bits per heavy atom. The summed E-state index contributed by atoms with van der Waals surface area (Å²) in [4.78, 5) is 26.4. The van der Waals surface area contributed by atoms with Gasteiger partial charge in [0.1, 0.15) is 10.6 Å². The third kappa shape index (κ3) is 3.63. The summed E-state index contributed by atoms with van der Waals surface area (Å²) < 4.78 is 31.2. The van der Waals surface area contributed by atoms with Crippen molar-refractivity contribution in [1.29, 1.82) is 0 Å². The van der Waals surface area contributed by atoms with Crippen LogP contribution in [0.2, 0.25) is 5.15 Å². The van der Waals surface area contributed by atoms with Gasteiger partial charge in [0, 0.05) is 0 Å². The number of carboxylic acids is 1. The van der Waals surface area contributed by atoms with Gasteiger partial charge in [0.15, 0.2) is 10.9 Å². The van der Waals surface area contributed by atoms with Gasteiger partial charge >= 0.3 is 5.97 Å².